The van der Waals surface area contributed by atoms with Gasteiger partial charge in [-0.05, 0) is 110 Å². The maximum Gasteiger partial charge on any atom is 0.488 e. The first-order valence-electron chi connectivity index (χ1n) is 20.8. The minimum Gasteiger partial charge on any atom is -0.423 e. The molecule has 0 unspecified atom stereocenters. The van der Waals surface area contributed by atoms with Crippen LogP contribution in [-0.4, -0.2) is 26.3 Å². The van der Waals surface area contributed by atoms with Crippen LogP contribution in [0.1, 0.15) is 0 Å². The molecule has 2 heterocycles. The van der Waals surface area contributed by atoms with E-state index in [1.807, 2.05) is 24.3 Å². The van der Waals surface area contributed by atoms with Crippen molar-refractivity contribution in [3.8, 4) is 33.6 Å². The van der Waals surface area contributed by atoms with Crippen molar-refractivity contribution < 1.29 is 10.0 Å². The van der Waals surface area contributed by atoms with E-state index in [0.717, 1.165) is 32.0 Å². The Morgan fingerprint density at radius 2 is 0.742 bits per heavy atom. The minimum absolute atomic E-state index is 0.492. The second-order valence-electron chi connectivity index (χ2n) is 15.7. The van der Waals surface area contributed by atoms with Crippen molar-refractivity contribution in [2.45, 2.75) is 0 Å². The zero-order valence-electron chi connectivity index (χ0n) is 33.5. The van der Waals surface area contributed by atoms with Crippen LogP contribution >= 0.6 is 15.9 Å². The van der Waals surface area contributed by atoms with Crippen LogP contribution in [0.2, 0.25) is 0 Å². The molecule has 0 saturated heterocycles. The molecule has 0 bridgehead atoms. The summed E-state index contributed by atoms with van der Waals surface area (Å²) in [6.07, 6.45) is 0. The summed E-state index contributed by atoms with van der Waals surface area (Å²) in [6.45, 7) is 0. The van der Waals surface area contributed by atoms with Crippen molar-refractivity contribution in [1.29, 1.82) is 0 Å². The van der Waals surface area contributed by atoms with E-state index in [1.54, 1.807) is 6.07 Å². The average Bonchev–Trinajstić information content (AvgIpc) is 3.83. The average molecular weight is 862 g/mol. The molecule has 0 spiro atoms. The number of hydrogen-bond acceptors (Lipinski definition) is 2. The first kappa shape index (κ1) is 37.8. The Labute approximate surface area is 367 Å². The lowest BCUT2D eigenvalue weighted by Gasteiger charge is -2.11. The van der Waals surface area contributed by atoms with Crippen LogP contribution in [0.25, 0.3) is 98.8 Å². The van der Waals surface area contributed by atoms with Gasteiger partial charge in [-0.3, -0.25) is 0 Å². The fraction of sp³-hybridized carbons (Fsp3) is 0. The van der Waals surface area contributed by atoms with Crippen molar-refractivity contribution in [3.63, 3.8) is 0 Å². The van der Waals surface area contributed by atoms with Gasteiger partial charge in [-0.15, -0.1) is 0 Å². The van der Waals surface area contributed by atoms with Crippen molar-refractivity contribution in [2.24, 2.45) is 0 Å². The second-order valence-corrected chi connectivity index (χ2v) is 16.6. The van der Waals surface area contributed by atoms with Crippen LogP contribution in [0.4, 0.5) is 0 Å². The Hall–Kier alpha value is -7.22. The summed E-state index contributed by atoms with van der Waals surface area (Å²) in [5.41, 5.74) is 12.2. The zero-order chi connectivity index (χ0) is 41.7. The normalized spacial score (nSPS) is 11.5. The molecule has 0 saturated carbocycles. The summed E-state index contributed by atoms with van der Waals surface area (Å²) >= 11 is 3.63. The van der Waals surface area contributed by atoms with Gasteiger partial charge in [0.2, 0.25) is 0 Å². The quantitative estimate of drug-likeness (QED) is 0.169. The maximum absolute atomic E-state index is 9.64. The number of hydrogen-bond donors (Lipinski definition) is 2. The SMILES string of the molecule is Brc1ccc2c(c1)c1ccccc1n2-c1ccc(-c2cccc3ccccc23)cc1.OB(O)c1ccc2c(c1)c1ccccc1n2-c1ccc(-c2cccc3ccccc23)cc1. The van der Waals surface area contributed by atoms with Crippen LogP contribution in [0.5, 0.6) is 0 Å². The summed E-state index contributed by atoms with van der Waals surface area (Å²) in [5.74, 6) is 0. The van der Waals surface area contributed by atoms with Gasteiger partial charge in [-0.1, -0.05) is 174 Å². The van der Waals surface area contributed by atoms with Gasteiger partial charge in [0, 0.05) is 37.4 Å². The third-order valence-electron chi connectivity index (χ3n) is 12.1. The molecule has 2 N–H and O–H groups in total. The molecule has 294 valence electrons. The van der Waals surface area contributed by atoms with Gasteiger partial charge in [0.05, 0.1) is 22.1 Å². The Morgan fingerprint density at radius 3 is 1.24 bits per heavy atom. The molecule has 2 aromatic heterocycles. The van der Waals surface area contributed by atoms with Gasteiger partial charge < -0.3 is 19.2 Å². The Bertz CT molecular complexity index is 3620. The van der Waals surface area contributed by atoms with Crippen LogP contribution in [0.3, 0.4) is 0 Å². The van der Waals surface area contributed by atoms with Crippen LogP contribution in [0.15, 0.2) is 223 Å². The number of benzene rings is 10. The first-order valence-corrected chi connectivity index (χ1v) is 21.5. The Balaban J connectivity index is 0.000000140. The summed E-state index contributed by atoms with van der Waals surface area (Å²) in [6, 6.07) is 76.4. The summed E-state index contributed by atoms with van der Waals surface area (Å²) in [7, 11) is -1.48. The summed E-state index contributed by atoms with van der Waals surface area (Å²) < 4.78 is 5.68. The van der Waals surface area contributed by atoms with E-state index < -0.39 is 7.12 Å². The molecule has 0 aliphatic carbocycles. The number of aromatic nitrogens is 2. The molecule has 0 fully saturated rings. The van der Waals surface area contributed by atoms with E-state index in [4.69, 9.17) is 0 Å². The molecule has 62 heavy (non-hydrogen) atoms. The molecule has 0 atom stereocenters. The highest BCUT2D eigenvalue weighted by atomic mass is 79.9. The van der Waals surface area contributed by atoms with Crippen LogP contribution in [-0.2, 0) is 0 Å². The number of para-hydroxylation sites is 2. The van der Waals surface area contributed by atoms with Crippen LogP contribution < -0.4 is 5.46 Å². The monoisotopic (exact) mass is 860 g/mol. The zero-order valence-corrected chi connectivity index (χ0v) is 35.1. The summed E-state index contributed by atoms with van der Waals surface area (Å²) in [4.78, 5) is 0. The molecule has 10 aromatic carbocycles. The smallest absolute Gasteiger partial charge is 0.423 e. The molecule has 0 radical (unpaired) electrons. The minimum atomic E-state index is -1.48. The molecule has 4 nitrogen and oxygen atoms in total. The fourth-order valence-electron chi connectivity index (χ4n) is 9.19. The van der Waals surface area contributed by atoms with E-state index in [2.05, 4.69) is 213 Å². The van der Waals surface area contributed by atoms with Crippen molar-refractivity contribution in [3.05, 3.63) is 223 Å². The fourth-order valence-corrected chi connectivity index (χ4v) is 9.55. The van der Waals surface area contributed by atoms with Gasteiger partial charge in [0.1, 0.15) is 0 Å². The van der Waals surface area contributed by atoms with E-state index in [-0.39, 0.29) is 0 Å². The lowest BCUT2D eigenvalue weighted by atomic mass is 9.80. The van der Waals surface area contributed by atoms with Gasteiger partial charge in [-0.2, -0.15) is 0 Å². The molecule has 0 aliphatic heterocycles. The lowest BCUT2D eigenvalue weighted by Crippen LogP contribution is -2.29. The lowest BCUT2D eigenvalue weighted by molar-refractivity contribution is 0.426. The van der Waals surface area contributed by atoms with E-state index in [1.165, 1.54) is 71.3 Å². The molecule has 12 rings (SSSR count). The van der Waals surface area contributed by atoms with Crippen LogP contribution in [0, 0.1) is 0 Å². The molecular formula is C56H38BBrN2O2. The topological polar surface area (TPSA) is 50.3 Å². The van der Waals surface area contributed by atoms with Gasteiger partial charge >= 0.3 is 7.12 Å². The first-order chi connectivity index (χ1) is 30.5. The predicted octanol–water partition coefficient (Wildman–Crippen LogP) is 13.7. The predicted molar refractivity (Wildman–Crippen MR) is 265 cm³/mol. The largest absolute Gasteiger partial charge is 0.488 e. The highest BCUT2D eigenvalue weighted by molar-refractivity contribution is 9.10. The maximum atomic E-state index is 9.64. The number of rotatable bonds is 5. The van der Waals surface area contributed by atoms with Gasteiger partial charge in [0.15, 0.2) is 0 Å². The standard InChI is InChI=1S/C28H20BNO2.C28H18BrN/c31-29(32)21-14-17-28-26(18-21)25-9-3-4-11-27(25)30(28)22-15-12-20(13-16-22)24-10-5-7-19-6-1-2-8-23(19)24;29-21-14-17-28-26(18-21)25-9-3-4-11-27(25)30(28)22-15-12-20(13-16-22)24-10-5-7-19-6-1-2-8-23(19)24/h1-18,31-32H;1-18H. The van der Waals surface area contributed by atoms with Crippen molar-refractivity contribution in [2.75, 3.05) is 0 Å². The highest BCUT2D eigenvalue weighted by Crippen LogP contribution is 2.37. The number of fused-ring (bicyclic) bond motifs is 8. The number of halogens is 1. The Kier molecular flexibility index (Phi) is 9.55. The Morgan fingerprint density at radius 1 is 0.339 bits per heavy atom. The second kappa shape index (κ2) is 15.7. The molecule has 0 amide bonds. The van der Waals surface area contributed by atoms with E-state index in [9.17, 15) is 10.0 Å². The number of nitrogens with zero attached hydrogens (tertiary/aromatic N) is 2. The van der Waals surface area contributed by atoms with Crippen molar-refractivity contribution in [1.82, 2.24) is 9.13 Å². The summed E-state index contributed by atoms with van der Waals surface area (Å²) in [5, 5.41) is 28.9. The third-order valence-corrected chi connectivity index (χ3v) is 12.6. The van der Waals surface area contributed by atoms with Gasteiger partial charge in [-0.25, -0.2) is 0 Å². The molecule has 6 heteroatoms. The third kappa shape index (κ3) is 6.57. The van der Waals surface area contributed by atoms with E-state index >= 15 is 0 Å². The van der Waals surface area contributed by atoms with Crippen molar-refractivity contribution >= 4 is 93.7 Å². The highest BCUT2D eigenvalue weighted by Gasteiger charge is 2.17. The van der Waals surface area contributed by atoms with Gasteiger partial charge in [0.25, 0.3) is 0 Å². The van der Waals surface area contributed by atoms with E-state index in [0.29, 0.717) is 5.46 Å². The molecule has 12 aromatic rings. The molecule has 0 aliphatic rings. The molecular weight excluding hydrogens is 823 g/mol.